The zero-order valence-corrected chi connectivity index (χ0v) is 6.40. The number of rotatable bonds is 0. The van der Waals surface area contributed by atoms with Crippen LogP contribution in [0.3, 0.4) is 0 Å². The van der Waals surface area contributed by atoms with Crippen molar-refractivity contribution < 1.29 is 14.4 Å². The number of imide groups is 1. The minimum atomic E-state index is -0.984. The van der Waals surface area contributed by atoms with Crippen LogP contribution in [0.5, 0.6) is 0 Å². The molecule has 0 aromatic rings. The lowest BCUT2D eigenvalue weighted by molar-refractivity contribution is -0.128. The first-order valence-electron chi connectivity index (χ1n) is 3.58. The van der Waals surface area contributed by atoms with E-state index < -0.39 is 17.9 Å². The highest BCUT2D eigenvalue weighted by molar-refractivity contribution is 6.30. The Morgan fingerprint density at radius 3 is 2.77 bits per heavy atom. The minimum absolute atomic E-state index is 0.0984. The van der Waals surface area contributed by atoms with Gasteiger partial charge in [0, 0.05) is 12.3 Å². The molecule has 0 spiro atoms. The van der Waals surface area contributed by atoms with E-state index >= 15 is 0 Å². The fourth-order valence-electron chi connectivity index (χ4n) is 1.19. The van der Waals surface area contributed by atoms with Gasteiger partial charge >= 0.3 is 6.03 Å². The van der Waals surface area contributed by atoms with Crippen LogP contribution in [0.25, 0.3) is 0 Å². The fraction of sp³-hybridized carbons (Fsp3) is 0.143. The fourth-order valence-corrected chi connectivity index (χ4v) is 1.19. The summed E-state index contributed by atoms with van der Waals surface area (Å²) < 4.78 is 0. The summed E-state index contributed by atoms with van der Waals surface area (Å²) in [5, 5.41) is 4.27. The third-order valence-electron chi connectivity index (χ3n) is 1.75. The number of ketones is 1. The van der Waals surface area contributed by atoms with Crippen molar-refractivity contribution in [1.29, 1.82) is 0 Å². The summed E-state index contributed by atoms with van der Waals surface area (Å²) >= 11 is 0. The van der Waals surface area contributed by atoms with Crippen molar-refractivity contribution in [3.8, 4) is 0 Å². The van der Waals surface area contributed by atoms with Crippen molar-refractivity contribution in [2.75, 3.05) is 0 Å². The number of aliphatic imine (C=N–C) groups is 1. The molecular weight excluding hydrogens is 174 g/mol. The highest BCUT2D eigenvalue weighted by Crippen LogP contribution is 2.10. The number of carbonyl (C=O) groups excluding carboxylic acids is 3. The first-order valence-corrected chi connectivity index (χ1v) is 3.58. The van der Waals surface area contributed by atoms with E-state index in [1.165, 1.54) is 12.3 Å². The van der Waals surface area contributed by atoms with Crippen LogP contribution in [0, 0.1) is 5.92 Å². The van der Waals surface area contributed by atoms with E-state index in [9.17, 15) is 14.4 Å². The van der Waals surface area contributed by atoms with Gasteiger partial charge < -0.3 is 0 Å². The van der Waals surface area contributed by atoms with E-state index in [1.54, 1.807) is 0 Å². The second-order valence-corrected chi connectivity index (χ2v) is 2.61. The molecule has 2 aliphatic heterocycles. The van der Waals surface area contributed by atoms with Gasteiger partial charge in [-0.1, -0.05) is 0 Å². The van der Waals surface area contributed by atoms with E-state index in [4.69, 9.17) is 0 Å². The maximum Gasteiger partial charge on any atom is 0.326 e. The lowest BCUT2D eigenvalue weighted by Gasteiger charge is -2.23. The molecule has 1 atom stereocenters. The van der Waals surface area contributed by atoms with Gasteiger partial charge in [-0.3, -0.25) is 20.2 Å². The summed E-state index contributed by atoms with van der Waals surface area (Å²) in [5.41, 5.74) is 0. The van der Waals surface area contributed by atoms with Crippen LogP contribution in [0.1, 0.15) is 0 Å². The lowest BCUT2D eigenvalue weighted by Crippen LogP contribution is -2.58. The first-order chi connectivity index (χ1) is 6.18. The zero-order valence-electron chi connectivity index (χ0n) is 6.40. The summed E-state index contributed by atoms with van der Waals surface area (Å²) in [4.78, 5) is 36.8. The quantitative estimate of drug-likeness (QED) is 0.464. The van der Waals surface area contributed by atoms with E-state index in [1.807, 2.05) is 5.32 Å². The Morgan fingerprint density at radius 1 is 1.23 bits per heavy atom. The summed E-state index contributed by atoms with van der Waals surface area (Å²) in [6.07, 6.45) is 2.46. The van der Waals surface area contributed by atoms with Crippen LogP contribution in [0.15, 0.2) is 17.3 Å². The van der Waals surface area contributed by atoms with Gasteiger partial charge in [-0.05, 0) is 0 Å². The molecule has 2 rings (SSSR count). The van der Waals surface area contributed by atoms with E-state index in [-0.39, 0.29) is 11.6 Å². The SMILES string of the molecule is O=C1NC(=O)C2C(=O)C=CN=C2N1. The number of allylic oxidation sites excluding steroid dienone is 1. The molecule has 13 heavy (non-hydrogen) atoms. The number of nitrogens with one attached hydrogen (secondary N) is 2. The second kappa shape index (κ2) is 2.51. The minimum Gasteiger partial charge on any atom is -0.294 e. The maximum atomic E-state index is 11.2. The number of urea groups is 1. The molecule has 1 saturated heterocycles. The topological polar surface area (TPSA) is 87.6 Å². The van der Waals surface area contributed by atoms with Crippen LogP contribution in [-0.4, -0.2) is 23.6 Å². The summed E-state index contributed by atoms with van der Waals surface area (Å²) in [6, 6.07) is -0.650. The van der Waals surface area contributed by atoms with Gasteiger partial charge in [0.2, 0.25) is 5.91 Å². The molecule has 66 valence electrons. The van der Waals surface area contributed by atoms with Crippen molar-refractivity contribution >= 4 is 23.6 Å². The molecule has 0 bridgehead atoms. The van der Waals surface area contributed by atoms with Crippen LogP contribution in [-0.2, 0) is 9.59 Å². The van der Waals surface area contributed by atoms with Crippen molar-refractivity contribution in [1.82, 2.24) is 10.6 Å². The maximum absolute atomic E-state index is 11.2. The number of fused-ring (bicyclic) bond motifs is 1. The lowest BCUT2D eigenvalue weighted by atomic mass is 9.98. The molecule has 1 unspecified atom stereocenters. The van der Waals surface area contributed by atoms with Crippen molar-refractivity contribution in [3.05, 3.63) is 12.3 Å². The van der Waals surface area contributed by atoms with E-state index in [0.717, 1.165) is 0 Å². The molecule has 3 amide bonds. The Hall–Kier alpha value is -1.98. The average Bonchev–Trinajstić information content (AvgIpc) is 2.02. The molecule has 2 N–H and O–H groups in total. The van der Waals surface area contributed by atoms with Crippen LogP contribution in [0.2, 0.25) is 0 Å². The summed E-state index contributed by atoms with van der Waals surface area (Å²) in [6.45, 7) is 0. The van der Waals surface area contributed by atoms with Crippen molar-refractivity contribution in [2.45, 2.75) is 0 Å². The summed E-state index contributed by atoms with van der Waals surface area (Å²) in [5.74, 6) is -1.89. The number of hydrogen-bond donors (Lipinski definition) is 2. The second-order valence-electron chi connectivity index (χ2n) is 2.61. The highest BCUT2D eigenvalue weighted by Gasteiger charge is 2.37. The number of carbonyl (C=O) groups is 3. The number of amides is 3. The number of nitrogens with zero attached hydrogens (tertiary/aromatic N) is 1. The largest absolute Gasteiger partial charge is 0.326 e. The monoisotopic (exact) mass is 179 g/mol. The molecule has 6 heteroatoms. The molecule has 0 aromatic heterocycles. The Balaban J connectivity index is 2.39. The summed E-state index contributed by atoms with van der Waals surface area (Å²) in [7, 11) is 0. The highest BCUT2D eigenvalue weighted by atomic mass is 16.2. The predicted molar refractivity (Wildman–Crippen MR) is 41.7 cm³/mol. The molecule has 1 fully saturated rings. The molecule has 0 saturated carbocycles. The molecule has 0 aromatic carbocycles. The zero-order chi connectivity index (χ0) is 9.42. The predicted octanol–water partition coefficient (Wildman–Crippen LogP) is -1.06. The van der Waals surface area contributed by atoms with Gasteiger partial charge in [0.1, 0.15) is 5.84 Å². The Morgan fingerprint density at radius 2 is 2.00 bits per heavy atom. The van der Waals surface area contributed by atoms with E-state index in [0.29, 0.717) is 0 Å². The Labute approximate surface area is 72.7 Å². The molecule has 2 heterocycles. The van der Waals surface area contributed by atoms with Gasteiger partial charge in [-0.15, -0.1) is 0 Å². The van der Waals surface area contributed by atoms with E-state index in [2.05, 4.69) is 10.3 Å². The van der Waals surface area contributed by atoms with Gasteiger partial charge in [-0.2, -0.15) is 0 Å². The van der Waals surface area contributed by atoms with Gasteiger partial charge in [0.25, 0.3) is 0 Å². The third kappa shape index (κ3) is 1.12. The molecule has 6 nitrogen and oxygen atoms in total. The third-order valence-corrected chi connectivity index (χ3v) is 1.75. The van der Waals surface area contributed by atoms with Gasteiger partial charge in [0.15, 0.2) is 11.7 Å². The van der Waals surface area contributed by atoms with Gasteiger partial charge in [-0.25, -0.2) is 9.79 Å². The Kier molecular flexibility index (Phi) is 1.48. The number of hydrogen-bond acceptors (Lipinski definition) is 4. The van der Waals surface area contributed by atoms with Crippen LogP contribution >= 0.6 is 0 Å². The van der Waals surface area contributed by atoms with Crippen molar-refractivity contribution in [3.63, 3.8) is 0 Å². The van der Waals surface area contributed by atoms with Gasteiger partial charge in [0.05, 0.1) is 0 Å². The molecule has 2 aliphatic rings. The molecule has 0 radical (unpaired) electrons. The van der Waals surface area contributed by atoms with Crippen LogP contribution < -0.4 is 10.6 Å². The number of amidine groups is 1. The van der Waals surface area contributed by atoms with Crippen molar-refractivity contribution in [2.24, 2.45) is 10.9 Å². The average molecular weight is 179 g/mol. The first kappa shape index (κ1) is 7.66. The standard InChI is InChI=1S/C7H5N3O3/c11-3-1-2-8-5-4(3)6(12)10-7(13)9-5/h1-2,4H,(H2,8,9,10,12,13). The smallest absolute Gasteiger partial charge is 0.294 e. The Bertz CT molecular complexity index is 369. The molecule has 0 aliphatic carbocycles. The van der Waals surface area contributed by atoms with Crippen LogP contribution in [0.4, 0.5) is 4.79 Å². The molecular formula is C7H5N3O3. The normalized spacial score (nSPS) is 26.0.